The Balaban J connectivity index is 1.20. The number of fused-ring (bicyclic) bond motifs is 5. The molecule has 0 aliphatic rings. The van der Waals surface area contributed by atoms with Gasteiger partial charge >= 0.3 is 0 Å². The average Bonchev–Trinajstić information content (AvgIpc) is 3.23. The van der Waals surface area contributed by atoms with Crippen LogP contribution in [0.5, 0.6) is 0 Å². The molecule has 10 aromatic rings. The molecule has 0 fully saturated rings. The lowest BCUT2D eigenvalue weighted by molar-refractivity contribution is 1.58. The second-order valence-corrected chi connectivity index (χ2v) is 13.6. The van der Waals surface area contributed by atoms with Crippen molar-refractivity contribution in [2.24, 2.45) is 0 Å². The Morgan fingerprint density at radius 2 is 0.635 bits per heavy atom. The van der Waals surface area contributed by atoms with Gasteiger partial charge < -0.3 is 0 Å². The highest BCUT2D eigenvalue weighted by atomic mass is 14.2. The molecule has 0 heteroatoms. The minimum Gasteiger partial charge on any atom is -0.0622 e. The predicted molar refractivity (Wildman–Crippen MR) is 224 cm³/mol. The molecule has 0 radical (unpaired) electrons. The molecule has 0 nitrogen and oxygen atoms in total. The van der Waals surface area contributed by atoms with Gasteiger partial charge in [0.25, 0.3) is 0 Å². The topological polar surface area (TPSA) is 0 Å². The van der Waals surface area contributed by atoms with Gasteiger partial charge in [0.05, 0.1) is 0 Å². The van der Waals surface area contributed by atoms with Crippen molar-refractivity contribution < 1.29 is 0 Å². The summed E-state index contributed by atoms with van der Waals surface area (Å²) in [6, 6.07) is 75.5. The molecule has 10 rings (SSSR count). The van der Waals surface area contributed by atoms with E-state index in [9.17, 15) is 0 Å². The minimum absolute atomic E-state index is 1.21. The first-order valence-corrected chi connectivity index (χ1v) is 18.0. The first kappa shape index (κ1) is 30.1. The predicted octanol–water partition coefficient (Wildman–Crippen LogP) is 14.6. The lowest BCUT2D eigenvalue weighted by Gasteiger charge is -2.19. The molecular formula is C52H34. The number of benzene rings is 10. The van der Waals surface area contributed by atoms with Gasteiger partial charge in [0.15, 0.2) is 0 Å². The van der Waals surface area contributed by atoms with E-state index >= 15 is 0 Å². The molecule has 0 aromatic heterocycles. The van der Waals surface area contributed by atoms with Crippen LogP contribution in [0.1, 0.15) is 0 Å². The van der Waals surface area contributed by atoms with Crippen molar-refractivity contribution in [3.63, 3.8) is 0 Å². The Hall–Kier alpha value is -6.76. The summed E-state index contributed by atoms with van der Waals surface area (Å²) in [5.74, 6) is 0. The van der Waals surface area contributed by atoms with E-state index in [1.54, 1.807) is 0 Å². The van der Waals surface area contributed by atoms with Gasteiger partial charge in [-0.05, 0) is 117 Å². The Morgan fingerprint density at radius 1 is 0.192 bits per heavy atom. The molecule has 52 heavy (non-hydrogen) atoms. The van der Waals surface area contributed by atoms with E-state index in [-0.39, 0.29) is 0 Å². The second-order valence-electron chi connectivity index (χ2n) is 13.6. The van der Waals surface area contributed by atoms with E-state index in [0.29, 0.717) is 0 Å². The summed E-state index contributed by atoms with van der Waals surface area (Å²) in [6.45, 7) is 0. The monoisotopic (exact) mass is 658 g/mol. The van der Waals surface area contributed by atoms with Gasteiger partial charge in [0.2, 0.25) is 0 Å². The fourth-order valence-electron chi connectivity index (χ4n) is 8.20. The van der Waals surface area contributed by atoms with Gasteiger partial charge in [0, 0.05) is 0 Å². The van der Waals surface area contributed by atoms with Gasteiger partial charge in [0.1, 0.15) is 0 Å². The lowest BCUT2D eigenvalue weighted by atomic mass is 9.84. The third kappa shape index (κ3) is 5.08. The summed E-state index contributed by atoms with van der Waals surface area (Å²) in [5.41, 5.74) is 12.3. The van der Waals surface area contributed by atoms with Crippen LogP contribution in [0.3, 0.4) is 0 Å². The van der Waals surface area contributed by atoms with Crippen LogP contribution in [0.4, 0.5) is 0 Å². The van der Waals surface area contributed by atoms with E-state index in [1.165, 1.54) is 98.7 Å². The van der Waals surface area contributed by atoms with Crippen molar-refractivity contribution >= 4 is 43.1 Å². The molecule has 0 amide bonds. The zero-order valence-corrected chi connectivity index (χ0v) is 28.6. The highest BCUT2D eigenvalue weighted by Gasteiger charge is 2.18. The molecular weight excluding hydrogens is 625 g/mol. The Labute approximate surface area is 303 Å². The summed E-state index contributed by atoms with van der Waals surface area (Å²) < 4.78 is 0. The molecule has 0 heterocycles. The Bertz CT molecular complexity index is 2920. The maximum atomic E-state index is 2.44. The standard InChI is InChI=1S/C52H34/c1-3-14-35(15-4-1)39-19-13-20-40(32-39)36-26-28-38(29-27-36)51-46-24-11-12-25-47(46)52(37-16-5-2-6-17-37)50-34-42(30-31-48(50)51)49-33-41-18-7-8-21-43(41)44-22-9-10-23-45(44)49/h1-34H. The van der Waals surface area contributed by atoms with Crippen LogP contribution in [-0.2, 0) is 0 Å². The molecule has 0 bridgehead atoms. The lowest BCUT2D eigenvalue weighted by Crippen LogP contribution is -1.92. The quantitative estimate of drug-likeness (QED) is 0.128. The minimum atomic E-state index is 1.21. The molecule has 242 valence electrons. The van der Waals surface area contributed by atoms with Gasteiger partial charge in [-0.1, -0.05) is 188 Å². The number of hydrogen-bond donors (Lipinski definition) is 0. The van der Waals surface area contributed by atoms with Gasteiger partial charge in [-0.2, -0.15) is 0 Å². The van der Waals surface area contributed by atoms with Gasteiger partial charge in [-0.25, -0.2) is 0 Å². The molecule has 0 saturated carbocycles. The van der Waals surface area contributed by atoms with Crippen molar-refractivity contribution in [3.05, 3.63) is 206 Å². The second kappa shape index (κ2) is 12.5. The van der Waals surface area contributed by atoms with Crippen LogP contribution in [-0.4, -0.2) is 0 Å². The normalized spacial score (nSPS) is 11.5. The Morgan fingerprint density at radius 3 is 1.33 bits per heavy atom. The van der Waals surface area contributed by atoms with Gasteiger partial charge in [-0.15, -0.1) is 0 Å². The van der Waals surface area contributed by atoms with E-state index in [2.05, 4.69) is 206 Å². The van der Waals surface area contributed by atoms with Crippen LogP contribution < -0.4 is 0 Å². The van der Waals surface area contributed by atoms with E-state index in [1.807, 2.05) is 0 Å². The third-order valence-corrected chi connectivity index (χ3v) is 10.6. The SMILES string of the molecule is c1ccc(-c2cccc(-c3ccc(-c4c5ccccc5c(-c5ccccc5)c5cc(-c6cc7ccccc7c7ccccc67)ccc45)cc3)c2)cc1. The fraction of sp³-hybridized carbons (Fsp3) is 0. The maximum Gasteiger partial charge on any atom is -0.00262 e. The number of rotatable bonds is 5. The van der Waals surface area contributed by atoms with Gasteiger partial charge in [-0.3, -0.25) is 0 Å². The average molecular weight is 659 g/mol. The molecule has 0 atom stereocenters. The van der Waals surface area contributed by atoms with Crippen LogP contribution in [0.2, 0.25) is 0 Å². The van der Waals surface area contributed by atoms with E-state index in [0.717, 1.165) is 0 Å². The van der Waals surface area contributed by atoms with E-state index < -0.39 is 0 Å². The smallest absolute Gasteiger partial charge is 0.00262 e. The molecule has 0 aliphatic heterocycles. The van der Waals surface area contributed by atoms with Crippen LogP contribution >= 0.6 is 0 Å². The van der Waals surface area contributed by atoms with Crippen molar-refractivity contribution in [2.45, 2.75) is 0 Å². The summed E-state index contributed by atoms with van der Waals surface area (Å²) in [6.07, 6.45) is 0. The van der Waals surface area contributed by atoms with Crippen molar-refractivity contribution in [1.82, 2.24) is 0 Å². The van der Waals surface area contributed by atoms with Crippen LogP contribution in [0.15, 0.2) is 206 Å². The molecule has 10 aromatic carbocycles. The fourth-order valence-corrected chi connectivity index (χ4v) is 8.20. The molecule has 0 unspecified atom stereocenters. The molecule has 0 saturated heterocycles. The van der Waals surface area contributed by atoms with Crippen LogP contribution in [0, 0.1) is 0 Å². The summed E-state index contributed by atoms with van der Waals surface area (Å²) in [5, 5.41) is 10.1. The first-order chi connectivity index (χ1) is 25.8. The van der Waals surface area contributed by atoms with Crippen molar-refractivity contribution in [3.8, 4) is 55.6 Å². The zero-order chi connectivity index (χ0) is 34.4. The highest BCUT2D eigenvalue weighted by Crippen LogP contribution is 2.46. The maximum absolute atomic E-state index is 2.44. The number of hydrogen-bond acceptors (Lipinski definition) is 0. The highest BCUT2D eigenvalue weighted by molar-refractivity contribution is 6.22. The summed E-state index contributed by atoms with van der Waals surface area (Å²) >= 11 is 0. The van der Waals surface area contributed by atoms with E-state index in [4.69, 9.17) is 0 Å². The van der Waals surface area contributed by atoms with Crippen LogP contribution in [0.25, 0.3) is 98.7 Å². The molecule has 0 spiro atoms. The Kier molecular flexibility index (Phi) is 7.25. The third-order valence-electron chi connectivity index (χ3n) is 10.6. The first-order valence-electron chi connectivity index (χ1n) is 18.0. The molecule has 0 N–H and O–H groups in total. The summed E-state index contributed by atoms with van der Waals surface area (Å²) in [7, 11) is 0. The largest absolute Gasteiger partial charge is 0.0622 e. The zero-order valence-electron chi connectivity index (χ0n) is 28.6. The molecule has 0 aliphatic carbocycles. The summed E-state index contributed by atoms with van der Waals surface area (Å²) in [4.78, 5) is 0. The van der Waals surface area contributed by atoms with Crippen molar-refractivity contribution in [2.75, 3.05) is 0 Å². The van der Waals surface area contributed by atoms with Crippen molar-refractivity contribution in [1.29, 1.82) is 0 Å².